The minimum atomic E-state index is -2.55. The van der Waals surface area contributed by atoms with Crippen molar-refractivity contribution >= 4 is 41.5 Å². The molecule has 0 saturated heterocycles. The maximum Gasteiger partial charge on any atom is 0.407 e. The van der Waals surface area contributed by atoms with Gasteiger partial charge in [0.25, 0.3) is 0 Å². The predicted molar refractivity (Wildman–Crippen MR) is 185 cm³/mol. The summed E-state index contributed by atoms with van der Waals surface area (Å²) in [5.74, 6) is -4.28. The third kappa shape index (κ3) is 9.27. The van der Waals surface area contributed by atoms with Gasteiger partial charge in [0.05, 0.1) is 0 Å². The summed E-state index contributed by atoms with van der Waals surface area (Å²) in [6, 6.07) is 21.0. The minimum absolute atomic E-state index is 0.00474. The number of esters is 1. The molecule has 3 aromatic carbocycles. The molecule has 0 spiro atoms. The number of nitrogens with two attached hydrogens (primary N) is 3. The van der Waals surface area contributed by atoms with Crippen LogP contribution in [0.1, 0.15) is 54.7 Å². The second-order valence-corrected chi connectivity index (χ2v) is 12.0. The van der Waals surface area contributed by atoms with Crippen molar-refractivity contribution in [3.8, 4) is 11.1 Å². The number of nitrogens with one attached hydrogen (secondary N) is 2. The number of carbonyl (C=O) groups is 4. The number of amides is 2. The van der Waals surface area contributed by atoms with E-state index in [0.29, 0.717) is 30.0 Å². The molecule has 1 aliphatic carbocycles. The average Bonchev–Trinajstić information content (AvgIpc) is 3.41. The maximum atomic E-state index is 13.8. The fourth-order valence-corrected chi connectivity index (χ4v) is 5.93. The fraction of sp³-hybridized carbons (Fsp3) is 0.343. The molecule has 1 aliphatic rings. The Labute approximate surface area is 289 Å². The van der Waals surface area contributed by atoms with Gasteiger partial charge >= 0.3 is 18.0 Å². The number of ether oxygens (including phenoxy) is 2. The lowest BCUT2D eigenvalue weighted by molar-refractivity contribution is -0.166. The van der Waals surface area contributed by atoms with E-state index in [1.54, 1.807) is 24.3 Å². The molecule has 2 amide bonds. The monoisotopic (exact) mass is 692 g/mol. The number of guanidine groups is 1. The summed E-state index contributed by atoms with van der Waals surface area (Å²) in [6.07, 6.45) is -0.287. The van der Waals surface area contributed by atoms with E-state index in [1.807, 2.05) is 48.5 Å². The number of hydrogen-bond donors (Lipinski definition) is 6. The van der Waals surface area contributed by atoms with Crippen molar-refractivity contribution in [2.24, 2.45) is 22.2 Å². The zero-order valence-electron chi connectivity index (χ0n) is 26.9. The SMILES string of the molecule is NCCCC[C@H](NC(=O)OCC1c2ccccc2-c2ccccc21)C(=O)N[C@@](CCCN=C(N)N)(C(=O)O)C(=O)OCc1ccccc1Cl. The van der Waals surface area contributed by atoms with Gasteiger partial charge in [-0.3, -0.25) is 9.79 Å². The molecule has 9 N–H and O–H groups in total. The van der Waals surface area contributed by atoms with Gasteiger partial charge in [-0.05, 0) is 67.0 Å². The highest BCUT2D eigenvalue weighted by atomic mass is 35.5. The molecule has 13 nitrogen and oxygen atoms in total. The molecule has 14 heteroatoms. The second-order valence-electron chi connectivity index (χ2n) is 11.6. The smallest absolute Gasteiger partial charge is 0.407 e. The number of aliphatic carboxylic acids is 1. The van der Waals surface area contributed by atoms with Crippen LogP contribution in [0, 0.1) is 0 Å². The molecular weight excluding hydrogens is 652 g/mol. The summed E-state index contributed by atoms with van der Waals surface area (Å²) in [7, 11) is 0. The Morgan fingerprint density at radius 3 is 2.14 bits per heavy atom. The van der Waals surface area contributed by atoms with Gasteiger partial charge < -0.3 is 42.4 Å². The topological polar surface area (TPSA) is 221 Å². The van der Waals surface area contributed by atoms with Crippen LogP contribution in [0.15, 0.2) is 77.8 Å². The average molecular weight is 693 g/mol. The van der Waals surface area contributed by atoms with Crippen molar-refractivity contribution in [3.63, 3.8) is 0 Å². The molecular formula is C35H41ClN6O7. The predicted octanol–water partition coefficient (Wildman–Crippen LogP) is 3.41. The van der Waals surface area contributed by atoms with E-state index >= 15 is 0 Å². The first-order valence-electron chi connectivity index (χ1n) is 15.9. The van der Waals surface area contributed by atoms with E-state index in [2.05, 4.69) is 15.6 Å². The highest BCUT2D eigenvalue weighted by Gasteiger charge is 2.50. The Bertz CT molecular complexity index is 1640. The van der Waals surface area contributed by atoms with Crippen molar-refractivity contribution in [2.45, 2.75) is 56.2 Å². The second kappa shape index (κ2) is 17.3. The van der Waals surface area contributed by atoms with E-state index in [1.165, 1.54) is 0 Å². The molecule has 0 unspecified atom stereocenters. The zero-order chi connectivity index (χ0) is 35.4. The lowest BCUT2D eigenvalue weighted by Crippen LogP contribution is -2.64. The van der Waals surface area contributed by atoms with Gasteiger partial charge in [-0.15, -0.1) is 0 Å². The van der Waals surface area contributed by atoms with E-state index in [-0.39, 0.29) is 44.5 Å². The maximum absolute atomic E-state index is 13.8. The number of carbonyl (C=O) groups excluding carboxylic acids is 3. The number of carboxylic acids is 1. The summed E-state index contributed by atoms with van der Waals surface area (Å²) in [5.41, 5.74) is 18.5. The lowest BCUT2D eigenvalue weighted by Gasteiger charge is -2.30. The van der Waals surface area contributed by atoms with Crippen molar-refractivity contribution in [3.05, 3.63) is 94.5 Å². The molecule has 260 valence electrons. The number of unbranched alkanes of at least 4 members (excludes halogenated alkanes) is 1. The van der Waals surface area contributed by atoms with Crippen LogP contribution in [0.3, 0.4) is 0 Å². The number of benzene rings is 3. The molecule has 0 fully saturated rings. The van der Waals surface area contributed by atoms with Crippen LogP contribution in [-0.2, 0) is 30.5 Å². The van der Waals surface area contributed by atoms with Gasteiger partial charge in [-0.1, -0.05) is 78.3 Å². The highest BCUT2D eigenvalue weighted by molar-refractivity contribution is 6.31. The Balaban J connectivity index is 1.51. The minimum Gasteiger partial charge on any atom is -0.479 e. The van der Waals surface area contributed by atoms with Crippen LogP contribution in [0.4, 0.5) is 4.79 Å². The molecule has 49 heavy (non-hydrogen) atoms. The zero-order valence-corrected chi connectivity index (χ0v) is 27.7. The van der Waals surface area contributed by atoms with Crippen molar-refractivity contribution in [2.75, 3.05) is 19.7 Å². The number of carboxylic acid groups (broad SMARTS) is 1. The third-order valence-electron chi connectivity index (χ3n) is 8.27. The quantitative estimate of drug-likeness (QED) is 0.0398. The number of aliphatic imine (C=N–C) groups is 1. The van der Waals surface area contributed by atoms with Crippen molar-refractivity contribution in [1.82, 2.24) is 10.6 Å². The van der Waals surface area contributed by atoms with Gasteiger partial charge in [0.1, 0.15) is 19.3 Å². The van der Waals surface area contributed by atoms with Crippen molar-refractivity contribution in [1.29, 1.82) is 0 Å². The Kier molecular flexibility index (Phi) is 13.0. The number of fused-ring (bicyclic) bond motifs is 3. The first-order valence-corrected chi connectivity index (χ1v) is 16.3. The fourth-order valence-electron chi connectivity index (χ4n) is 5.74. The molecule has 4 rings (SSSR count). The van der Waals surface area contributed by atoms with E-state index in [0.717, 1.165) is 22.3 Å². The number of alkyl carbamates (subject to hydrolysis) is 1. The molecule has 3 aromatic rings. The standard InChI is InChI=1S/C35H41ClN6O7/c36-28-15-6-1-10-22(28)20-48-32(46)35(31(44)45,17-9-19-40-33(38)39)42-30(43)29(16-7-8-18-37)41-34(47)49-21-27-25-13-4-2-11-23(25)24-12-3-5-14-26(24)27/h1-6,10-15,27,29H,7-9,16-21,37H2,(H,41,47)(H,42,43)(H,44,45)(H4,38,39,40)/t29-,35-/m0/s1. The van der Waals surface area contributed by atoms with Gasteiger partial charge in [0.2, 0.25) is 11.4 Å². The van der Waals surface area contributed by atoms with Crippen LogP contribution in [-0.4, -0.2) is 66.3 Å². The number of rotatable bonds is 17. The number of hydrogen-bond acceptors (Lipinski definition) is 8. The van der Waals surface area contributed by atoms with Gasteiger partial charge in [-0.25, -0.2) is 14.4 Å². The van der Waals surface area contributed by atoms with Gasteiger partial charge in [0.15, 0.2) is 5.96 Å². The highest BCUT2D eigenvalue weighted by Crippen LogP contribution is 2.44. The summed E-state index contributed by atoms with van der Waals surface area (Å²) >= 11 is 6.19. The Morgan fingerprint density at radius 1 is 0.898 bits per heavy atom. The molecule has 0 aliphatic heterocycles. The number of nitrogens with zero attached hydrogens (tertiary/aromatic N) is 1. The van der Waals surface area contributed by atoms with Gasteiger partial charge in [0, 0.05) is 23.0 Å². The van der Waals surface area contributed by atoms with E-state index < -0.39 is 41.9 Å². The largest absolute Gasteiger partial charge is 0.479 e. The molecule has 0 radical (unpaired) electrons. The summed E-state index contributed by atoms with van der Waals surface area (Å²) < 4.78 is 11.0. The normalized spacial score (nSPS) is 13.6. The van der Waals surface area contributed by atoms with Crippen LogP contribution >= 0.6 is 11.6 Å². The molecule has 0 heterocycles. The summed E-state index contributed by atoms with van der Waals surface area (Å²) in [6.45, 7) is -0.0507. The molecule has 0 saturated carbocycles. The first-order chi connectivity index (χ1) is 23.6. The molecule has 2 atom stereocenters. The molecule has 0 aromatic heterocycles. The van der Waals surface area contributed by atoms with Gasteiger partial charge in [-0.2, -0.15) is 0 Å². The van der Waals surface area contributed by atoms with Crippen molar-refractivity contribution < 1.29 is 33.8 Å². The van der Waals surface area contributed by atoms with Crippen LogP contribution in [0.2, 0.25) is 5.02 Å². The van der Waals surface area contributed by atoms with Crippen LogP contribution < -0.4 is 27.8 Å². The molecule has 0 bridgehead atoms. The summed E-state index contributed by atoms with van der Waals surface area (Å²) in [4.78, 5) is 57.1. The number of halogens is 1. The van der Waals surface area contributed by atoms with Crippen LogP contribution in [0.25, 0.3) is 11.1 Å². The first kappa shape index (κ1) is 36.7. The Hall–Kier alpha value is -5.14. The van der Waals surface area contributed by atoms with Crippen LogP contribution in [0.5, 0.6) is 0 Å². The summed E-state index contributed by atoms with van der Waals surface area (Å²) in [5, 5.41) is 15.6. The Morgan fingerprint density at radius 2 is 1.53 bits per heavy atom. The van der Waals surface area contributed by atoms with E-state index in [9.17, 15) is 24.3 Å². The van der Waals surface area contributed by atoms with E-state index in [4.69, 9.17) is 38.3 Å². The third-order valence-corrected chi connectivity index (χ3v) is 8.64. The lowest BCUT2D eigenvalue weighted by atomic mass is 9.92.